The van der Waals surface area contributed by atoms with Gasteiger partial charge in [0, 0.05) is 20.1 Å². The number of ether oxygens (including phenoxy) is 13. The maximum absolute atomic E-state index is 14.0. The molecule has 0 bridgehead atoms. The second-order valence-electron chi connectivity index (χ2n) is 34.3. The zero-order valence-corrected chi connectivity index (χ0v) is 71.1. The van der Waals surface area contributed by atoms with Gasteiger partial charge in [-0.3, -0.25) is 4.79 Å². The first-order valence-corrected chi connectivity index (χ1v) is 43.8. The molecule has 2 saturated heterocycles. The summed E-state index contributed by atoms with van der Waals surface area (Å²) in [4.78, 5) is 14.0. The summed E-state index contributed by atoms with van der Waals surface area (Å²) in [5.41, 5.74) is 5.72. The molecule has 8 rings (SSSR count). The van der Waals surface area contributed by atoms with E-state index in [1.165, 1.54) is 116 Å². The van der Waals surface area contributed by atoms with Crippen LogP contribution in [0.2, 0.25) is 0 Å². The molecule has 0 aliphatic carbocycles. The van der Waals surface area contributed by atoms with E-state index >= 15 is 0 Å². The molecular weight excluding hydrogens is 1410 g/mol. The van der Waals surface area contributed by atoms with Crippen molar-refractivity contribution in [2.75, 3.05) is 39.6 Å². The zero-order chi connectivity index (χ0) is 80.0. The highest BCUT2D eigenvalue weighted by atomic mass is 16.8. The average Bonchev–Trinajstić information content (AvgIpc) is 0.766. The average molecular weight is 1560 g/mol. The van der Waals surface area contributed by atoms with E-state index in [2.05, 4.69) is 69.2 Å². The third kappa shape index (κ3) is 37.2. The first-order chi connectivity index (χ1) is 55.0. The number of carbonyl (C=O) groups excluding carboxylic acids is 1. The molecule has 0 amide bonds. The van der Waals surface area contributed by atoms with Crippen LogP contribution >= 0.6 is 0 Å². The molecule has 6 aromatic rings. The summed E-state index contributed by atoms with van der Waals surface area (Å²) in [6.07, 6.45) is 14.3. The van der Waals surface area contributed by atoms with E-state index in [1.807, 2.05) is 182 Å². The molecule has 2 heterocycles. The molecule has 0 N–H and O–H groups in total. The first kappa shape index (κ1) is 92.8. The Hall–Kier alpha value is -5.69. The normalized spacial score (nSPS) is 21.9. The molecule has 14 nitrogen and oxygen atoms in total. The maximum Gasteiger partial charge on any atom is 0.303 e. The Bertz CT molecular complexity index is 3310. The summed E-state index contributed by atoms with van der Waals surface area (Å²) >= 11 is 0. The Kier molecular flexibility index (Phi) is 44.6. The highest BCUT2D eigenvalue weighted by molar-refractivity contribution is 5.66. The van der Waals surface area contributed by atoms with Crippen LogP contribution in [0.25, 0.3) is 0 Å². The van der Waals surface area contributed by atoms with E-state index in [-0.39, 0.29) is 52.9 Å². The lowest BCUT2D eigenvalue weighted by molar-refractivity contribution is -0.381. The Balaban J connectivity index is 1.09. The van der Waals surface area contributed by atoms with Crippen molar-refractivity contribution in [3.05, 3.63) is 215 Å². The molecule has 0 unspecified atom stereocenters. The fourth-order valence-electron chi connectivity index (χ4n) is 15.6. The van der Waals surface area contributed by atoms with Crippen molar-refractivity contribution in [3.8, 4) is 0 Å². The van der Waals surface area contributed by atoms with Crippen LogP contribution in [-0.2, 0) is 106 Å². The van der Waals surface area contributed by atoms with Crippen molar-refractivity contribution < 1.29 is 66.4 Å². The van der Waals surface area contributed by atoms with Crippen LogP contribution < -0.4 is 0 Å². The van der Waals surface area contributed by atoms with Crippen molar-refractivity contribution in [1.82, 2.24) is 0 Å². The Morgan fingerprint density at radius 2 is 0.611 bits per heavy atom. The molecular formula is C99H146O14. The Labute approximate surface area is 682 Å². The quantitative estimate of drug-likeness (QED) is 0.0264. The molecule has 2 aliphatic rings. The smallest absolute Gasteiger partial charge is 0.303 e. The minimum absolute atomic E-state index is 0.0518. The van der Waals surface area contributed by atoms with Crippen LogP contribution in [0.5, 0.6) is 0 Å². The van der Waals surface area contributed by atoms with Crippen molar-refractivity contribution in [1.29, 1.82) is 0 Å². The second kappa shape index (κ2) is 54.3. The number of rotatable bonds is 59. The molecule has 2 fully saturated rings. The zero-order valence-electron chi connectivity index (χ0n) is 71.1. The lowest BCUT2D eigenvalue weighted by atomic mass is 9.91. The minimum Gasteiger partial charge on any atom is -0.454 e. The third-order valence-corrected chi connectivity index (χ3v) is 22.7. The second-order valence-corrected chi connectivity index (χ2v) is 34.3. The van der Waals surface area contributed by atoms with Gasteiger partial charge >= 0.3 is 5.97 Å². The van der Waals surface area contributed by atoms with E-state index < -0.39 is 73.5 Å². The fourth-order valence-corrected chi connectivity index (χ4v) is 15.6. The number of hydrogen-bond acceptors (Lipinski definition) is 14. The van der Waals surface area contributed by atoms with Crippen LogP contribution in [0.4, 0.5) is 0 Å². The summed E-state index contributed by atoms with van der Waals surface area (Å²) in [6, 6.07) is 60.2. The van der Waals surface area contributed by atoms with Gasteiger partial charge in [0.15, 0.2) is 18.7 Å². The van der Waals surface area contributed by atoms with E-state index in [0.29, 0.717) is 44.2 Å². The van der Waals surface area contributed by atoms with Gasteiger partial charge in [0.1, 0.15) is 48.8 Å². The lowest BCUT2D eigenvalue weighted by Crippen LogP contribution is -2.66. The lowest BCUT2D eigenvalue weighted by Gasteiger charge is -2.50. The van der Waals surface area contributed by atoms with Gasteiger partial charge in [-0.1, -0.05) is 367 Å². The highest BCUT2D eigenvalue weighted by Crippen LogP contribution is 2.38. The molecule has 113 heavy (non-hydrogen) atoms. The van der Waals surface area contributed by atoms with Crippen molar-refractivity contribution in [3.63, 3.8) is 0 Å². The van der Waals surface area contributed by atoms with Crippen LogP contribution in [0.15, 0.2) is 182 Å². The van der Waals surface area contributed by atoms with E-state index in [9.17, 15) is 4.79 Å². The van der Waals surface area contributed by atoms with Gasteiger partial charge in [-0.25, -0.2) is 0 Å². The predicted molar refractivity (Wildman–Crippen MR) is 454 cm³/mol. The summed E-state index contributed by atoms with van der Waals surface area (Å²) in [7, 11) is 0. The molecule has 0 radical (unpaired) electrons. The monoisotopic (exact) mass is 1560 g/mol. The van der Waals surface area contributed by atoms with Crippen LogP contribution in [0, 0.1) is 47.3 Å². The van der Waals surface area contributed by atoms with Crippen LogP contribution in [0.3, 0.4) is 0 Å². The summed E-state index contributed by atoms with van der Waals surface area (Å²) in [5, 5.41) is 0. The van der Waals surface area contributed by atoms with Gasteiger partial charge in [0.25, 0.3) is 0 Å². The third-order valence-electron chi connectivity index (χ3n) is 22.7. The van der Waals surface area contributed by atoms with Gasteiger partial charge in [-0.15, -0.1) is 0 Å². The molecule has 626 valence electrons. The predicted octanol–water partition coefficient (Wildman–Crippen LogP) is 22.9. The van der Waals surface area contributed by atoms with Gasteiger partial charge in [-0.05, 0) is 93.6 Å². The van der Waals surface area contributed by atoms with E-state index in [4.69, 9.17) is 61.6 Å². The molecule has 2 aliphatic heterocycles. The summed E-state index contributed by atoms with van der Waals surface area (Å²) < 4.78 is 92.1. The van der Waals surface area contributed by atoms with Crippen LogP contribution in [0.1, 0.15) is 238 Å². The molecule has 14 heteroatoms. The Morgan fingerprint density at radius 3 is 0.956 bits per heavy atom. The number of esters is 1. The van der Waals surface area contributed by atoms with Gasteiger partial charge in [0.2, 0.25) is 0 Å². The highest BCUT2D eigenvalue weighted by Gasteiger charge is 2.56. The molecule has 6 aromatic carbocycles. The molecule has 0 aromatic heterocycles. The summed E-state index contributed by atoms with van der Waals surface area (Å²) in [5.74, 6) is 5.01. The summed E-state index contributed by atoms with van der Waals surface area (Å²) in [6.45, 7) is 28.2. The molecule has 0 saturated carbocycles. The molecule has 0 spiro atoms. The first-order valence-electron chi connectivity index (χ1n) is 43.8. The van der Waals surface area contributed by atoms with Gasteiger partial charge in [0.05, 0.1) is 66.1 Å². The van der Waals surface area contributed by atoms with E-state index in [1.54, 1.807) is 0 Å². The van der Waals surface area contributed by atoms with E-state index in [0.717, 1.165) is 82.2 Å². The number of hydrogen-bond donors (Lipinski definition) is 0. The number of carbonyl (C=O) groups is 1. The van der Waals surface area contributed by atoms with Crippen LogP contribution in [-0.4, -0.2) is 113 Å². The SMILES string of the molecule is CC(=O)O[C@@H]1[C@H](O[C@@H]2[C@@H](OC[C@H](COCC[C@@H](C)CCC[C@@H](C)CCC[C@H](C)CCCC(C)C)OCC[C@@H](C)CCC[C@@H](C)CCC[C@H](C)CCCC(C)C)O[C@H](COCc3ccccc3)[C@@H](OCc3ccccc3)[C@@H]2OCc2ccccc2)O[C@H](COCc2ccccc2)[C@@H](OCc2ccccc2)[C@@H]1OCc1ccccc1. The van der Waals surface area contributed by atoms with Crippen molar-refractivity contribution in [2.45, 2.75) is 312 Å². The van der Waals surface area contributed by atoms with Gasteiger partial charge < -0.3 is 61.6 Å². The minimum atomic E-state index is -1.36. The van der Waals surface area contributed by atoms with Crippen molar-refractivity contribution >= 4 is 5.97 Å². The number of benzene rings is 6. The van der Waals surface area contributed by atoms with Crippen molar-refractivity contribution in [2.24, 2.45) is 47.3 Å². The maximum atomic E-state index is 14.0. The fraction of sp³-hybridized carbons (Fsp3) is 0.626. The molecule has 17 atom stereocenters. The topological polar surface area (TPSA) is 137 Å². The standard InChI is InChI=1S/C99H146O14/c1-74(2)36-30-38-76(5)40-32-42-78(7)44-34-46-80(9)60-62-101-70-89(104-63-61-81(10)47-35-45-79(8)43-33-41-77(6)39-31-37-75(3)4)71-109-98-96(94(107-68-87-56-26-16-27-57-87)92(105-66-85-52-22-14-23-53-85)90(111-98)72-102-64-83-48-18-12-19-49-83)113-99-97(110-82(11)100)95(108-69-88-58-28-17-29-59-88)93(106-67-86-54-24-15-25-55-86)91(112-99)73-103-65-84-50-20-13-21-51-84/h12-29,48-59,74-81,89-99H,30-47,60-73H2,1-11H3/t76-,77-,78+,79+,80+,81+,89+,90-,91-,92-,93-,94+,95+,96+,97+,98+,99+/m1/s1. The Morgan fingerprint density at radius 1 is 0.310 bits per heavy atom. The largest absolute Gasteiger partial charge is 0.454 e. The van der Waals surface area contributed by atoms with Gasteiger partial charge in [-0.2, -0.15) is 0 Å².